The predicted molar refractivity (Wildman–Crippen MR) is 65.2 cm³/mol. The lowest BCUT2D eigenvalue weighted by Gasteiger charge is -2.26. The second-order valence-corrected chi connectivity index (χ2v) is 6.03. The van der Waals surface area contributed by atoms with Gasteiger partial charge in [-0.3, -0.25) is 0 Å². The molecule has 1 aromatic rings. The highest BCUT2D eigenvalue weighted by molar-refractivity contribution is 7.89. The summed E-state index contributed by atoms with van der Waals surface area (Å²) in [5, 5.41) is 0. The third-order valence-corrected chi connectivity index (χ3v) is 4.56. The van der Waals surface area contributed by atoms with Gasteiger partial charge in [-0.25, -0.2) is 8.42 Å². The zero-order valence-corrected chi connectivity index (χ0v) is 10.5. The molecular formula is C11H16N2O3S. The number of nitrogens with two attached hydrogens (primary N) is 1. The maximum absolute atomic E-state index is 12.3. The second-order valence-electron chi connectivity index (χ2n) is 4.10. The number of nitrogens with zero attached hydrogens (tertiary/aromatic N) is 1. The Morgan fingerprint density at radius 2 is 1.88 bits per heavy atom. The minimum Gasteiger partial charge on any atom is -0.399 e. The lowest BCUT2D eigenvalue weighted by atomic mass is 10.2. The SMILES string of the molecule is Cc1cc(N)cc(S(=O)(=O)N2CCOCC2)c1. The molecule has 0 atom stereocenters. The molecule has 0 radical (unpaired) electrons. The molecule has 17 heavy (non-hydrogen) atoms. The average Bonchev–Trinajstić information content (AvgIpc) is 2.29. The van der Waals surface area contributed by atoms with Gasteiger partial charge in [-0.1, -0.05) is 0 Å². The van der Waals surface area contributed by atoms with E-state index in [1.165, 1.54) is 10.4 Å². The van der Waals surface area contributed by atoms with Gasteiger partial charge in [0.1, 0.15) is 0 Å². The van der Waals surface area contributed by atoms with E-state index in [1.54, 1.807) is 12.1 Å². The van der Waals surface area contributed by atoms with Gasteiger partial charge in [-0.2, -0.15) is 4.31 Å². The summed E-state index contributed by atoms with van der Waals surface area (Å²) in [7, 11) is -3.43. The number of hydrogen-bond donors (Lipinski definition) is 1. The lowest BCUT2D eigenvalue weighted by Crippen LogP contribution is -2.40. The van der Waals surface area contributed by atoms with Gasteiger partial charge in [-0.05, 0) is 30.7 Å². The molecule has 0 aromatic heterocycles. The number of ether oxygens (including phenoxy) is 1. The molecule has 6 heteroatoms. The van der Waals surface area contributed by atoms with Crippen LogP contribution in [-0.4, -0.2) is 39.0 Å². The van der Waals surface area contributed by atoms with Gasteiger partial charge in [0, 0.05) is 18.8 Å². The van der Waals surface area contributed by atoms with E-state index in [2.05, 4.69) is 0 Å². The van der Waals surface area contributed by atoms with Crippen molar-refractivity contribution in [3.63, 3.8) is 0 Å². The number of nitrogen functional groups attached to an aromatic ring is 1. The molecule has 1 heterocycles. The number of hydrogen-bond acceptors (Lipinski definition) is 4. The fraction of sp³-hybridized carbons (Fsp3) is 0.455. The Labute approximate surface area is 101 Å². The van der Waals surface area contributed by atoms with Crippen molar-refractivity contribution < 1.29 is 13.2 Å². The molecule has 94 valence electrons. The van der Waals surface area contributed by atoms with Gasteiger partial charge in [0.2, 0.25) is 10.0 Å². The summed E-state index contributed by atoms with van der Waals surface area (Å²) >= 11 is 0. The smallest absolute Gasteiger partial charge is 0.243 e. The number of benzene rings is 1. The van der Waals surface area contributed by atoms with Gasteiger partial charge in [-0.15, -0.1) is 0 Å². The van der Waals surface area contributed by atoms with Crippen molar-refractivity contribution in [2.24, 2.45) is 0 Å². The summed E-state index contributed by atoms with van der Waals surface area (Å²) in [5.74, 6) is 0. The molecule has 5 nitrogen and oxygen atoms in total. The maximum atomic E-state index is 12.3. The Morgan fingerprint density at radius 1 is 1.24 bits per heavy atom. The first kappa shape index (κ1) is 12.3. The van der Waals surface area contributed by atoms with E-state index >= 15 is 0 Å². The molecule has 1 aliphatic heterocycles. The number of sulfonamides is 1. The van der Waals surface area contributed by atoms with Gasteiger partial charge in [0.15, 0.2) is 0 Å². The molecule has 0 amide bonds. The first-order valence-electron chi connectivity index (χ1n) is 5.45. The summed E-state index contributed by atoms with van der Waals surface area (Å²) < 4.78 is 31.2. The molecule has 1 fully saturated rings. The van der Waals surface area contributed by atoms with Crippen LogP contribution in [0.3, 0.4) is 0 Å². The first-order chi connectivity index (χ1) is 8.00. The quantitative estimate of drug-likeness (QED) is 0.786. The van der Waals surface area contributed by atoms with Crippen molar-refractivity contribution in [2.45, 2.75) is 11.8 Å². The molecule has 1 aromatic carbocycles. The topological polar surface area (TPSA) is 72.6 Å². The van der Waals surface area contributed by atoms with Crippen molar-refractivity contribution in [1.82, 2.24) is 4.31 Å². The summed E-state index contributed by atoms with van der Waals surface area (Å²) in [4.78, 5) is 0.261. The first-order valence-corrected chi connectivity index (χ1v) is 6.89. The Morgan fingerprint density at radius 3 is 2.47 bits per heavy atom. The van der Waals surface area contributed by atoms with Crippen LogP contribution >= 0.6 is 0 Å². The fourth-order valence-corrected chi connectivity index (χ4v) is 3.41. The highest BCUT2D eigenvalue weighted by atomic mass is 32.2. The molecular weight excluding hydrogens is 240 g/mol. The van der Waals surface area contributed by atoms with E-state index in [0.29, 0.717) is 32.0 Å². The Hall–Kier alpha value is -1.11. The number of aryl methyl sites for hydroxylation is 1. The van der Waals surface area contributed by atoms with Crippen molar-refractivity contribution in [2.75, 3.05) is 32.0 Å². The number of rotatable bonds is 2. The fourth-order valence-electron chi connectivity index (χ4n) is 1.86. The third-order valence-electron chi connectivity index (χ3n) is 2.68. The minimum atomic E-state index is -3.43. The average molecular weight is 256 g/mol. The molecule has 0 aliphatic carbocycles. The van der Waals surface area contributed by atoms with Crippen LogP contribution in [-0.2, 0) is 14.8 Å². The van der Waals surface area contributed by atoms with Crippen LogP contribution in [0.2, 0.25) is 0 Å². The van der Waals surface area contributed by atoms with Crippen LogP contribution in [0, 0.1) is 6.92 Å². The van der Waals surface area contributed by atoms with Gasteiger partial charge >= 0.3 is 0 Å². The minimum absolute atomic E-state index is 0.261. The molecule has 2 N–H and O–H groups in total. The Balaban J connectivity index is 2.36. The number of anilines is 1. The zero-order valence-electron chi connectivity index (χ0n) is 9.72. The molecule has 1 aliphatic rings. The van der Waals surface area contributed by atoms with Crippen molar-refractivity contribution >= 4 is 15.7 Å². The Kier molecular flexibility index (Phi) is 3.37. The second kappa shape index (κ2) is 4.64. The van der Waals surface area contributed by atoms with Crippen molar-refractivity contribution in [3.05, 3.63) is 23.8 Å². The highest BCUT2D eigenvalue weighted by Gasteiger charge is 2.26. The molecule has 0 saturated carbocycles. The van der Waals surface area contributed by atoms with Crippen molar-refractivity contribution in [1.29, 1.82) is 0 Å². The standard InChI is InChI=1S/C11H16N2O3S/c1-9-6-10(12)8-11(7-9)17(14,15)13-2-4-16-5-3-13/h6-8H,2-5,12H2,1H3. The molecule has 1 saturated heterocycles. The molecule has 2 rings (SSSR count). The van der Waals surface area contributed by atoms with Crippen LogP contribution in [0.25, 0.3) is 0 Å². The van der Waals surface area contributed by atoms with E-state index < -0.39 is 10.0 Å². The summed E-state index contributed by atoms with van der Waals surface area (Å²) in [6, 6.07) is 4.89. The predicted octanol–water partition coefficient (Wildman–Crippen LogP) is 0.598. The van der Waals surface area contributed by atoms with Crippen LogP contribution in [0.15, 0.2) is 23.1 Å². The summed E-state index contributed by atoms with van der Waals surface area (Å²) in [6.45, 7) is 3.52. The monoisotopic (exact) mass is 256 g/mol. The third kappa shape index (κ3) is 2.59. The molecule has 0 bridgehead atoms. The van der Waals surface area contributed by atoms with Gasteiger partial charge < -0.3 is 10.5 Å². The van der Waals surface area contributed by atoms with E-state index in [9.17, 15) is 8.42 Å². The summed E-state index contributed by atoms with van der Waals surface area (Å²) in [6.07, 6.45) is 0. The van der Waals surface area contributed by atoms with Crippen LogP contribution in [0.1, 0.15) is 5.56 Å². The van der Waals surface area contributed by atoms with Crippen LogP contribution in [0.4, 0.5) is 5.69 Å². The Bertz CT molecular complexity index is 487. The molecule has 0 unspecified atom stereocenters. The lowest BCUT2D eigenvalue weighted by molar-refractivity contribution is 0.0730. The van der Waals surface area contributed by atoms with E-state index in [4.69, 9.17) is 10.5 Å². The molecule has 0 spiro atoms. The van der Waals surface area contributed by atoms with E-state index in [-0.39, 0.29) is 4.90 Å². The largest absolute Gasteiger partial charge is 0.399 e. The van der Waals surface area contributed by atoms with E-state index in [0.717, 1.165) is 5.56 Å². The maximum Gasteiger partial charge on any atom is 0.243 e. The van der Waals surface area contributed by atoms with Crippen LogP contribution in [0.5, 0.6) is 0 Å². The van der Waals surface area contributed by atoms with Gasteiger partial charge in [0.25, 0.3) is 0 Å². The van der Waals surface area contributed by atoms with Crippen LogP contribution < -0.4 is 5.73 Å². The van der Waals surface area contributed by atoms with Crippen molar-refractivity contribution in [3.8, 4) is 0 Å². The van der Waals surface area contributed by atoms with Gasteiger partial charge in [0.05, 0.1) is 18.1 Å². The zero-order chi connectivity index (χ0) is 12.5. The van der Waals surface area contributed by atoms with E-state index in [1.807, 2.05) is 6.92 Å². The summed E-state index contributed by atoms with van der Waals surface area (Å²) in [5.41, 5.74) is 6.99. The number of morpholine rings is 1. The normalized spacial score (nSPS) is 18.2. The highest BCUT2D eigenvalue weighted by Crippen LogP contribution is 2.21.